The molecule has 3 aromatic rings. The maximum Gasteiger partial charge on any atom is 0.203 e. The van der Waals surface area contributed by atoms with E-state index in [1.54, 1.807) is 31.0 Å². The van der Waals surface area contributed by atoms with Crippen LogP contribution in [0.5, 0.6) is 0 Å². The number of thiazole rings is 1. The quantitative estimate of drug-likeness (QED) is 0.589. The third-order valence-electron chi connectivity index (χ3n) is 2.52. The number of nitrogens with one attached hydrogen (secondary N) is 1. The van der Waals surface area contributed by atoms with Crippen molar-refractivity contribution >= 4 is 22.7 Å². The Bertz CT molecular complexity index is 694. The fourth-order valence-electron chi connectivity index (χ4n) is 1.59. The van der Waals surface area contributed by atoms with Gasteiger partial charge in [-0.25, -0.2) is 4.98 Å². The van der Waals surface area contributed by atoms with Crippen LogP contribution in [0, 0.1) is 0 Å². The molecule has 3 heterocycles. The van der Waals surface area contributed by atoms with Crippen LogP contribution >= 0.6 is 11.3 Å². The largest absolute Gasteiger partial charge is 0.264 e. The number of hydrogen-bond acceptors (Lipinski definition) is 6. The molecule has 0 amide bonds. The van der Waals surface area contributed by atoms with E-state index in [-0.39, 0.29) is 0 Å². The number of nitrogens with zero attached hydrogens (tertiary/aromatic N) is 4. The van der Waals surface area contributed by atoms with Crippen LogP contribution < -0.4 is 5.43 Å². The molecule has 0 bridgehead atoms. The molecule has 0 saturated carbocycles. The summed E-state index contributed by atoms with van der Waals surface area (Å²) in [5.41, 5.74) is 5.73. The van der Waals surface area contributed by atoms with E-state index in [0.29, 0.717) is 0 Å². The minimum atomic E-state index is 0.740. The van der Waals surface area contributed by atoms with Crippen LogP contribution in [0.2, 0.25) is 0 Å². The Labute approximate surface area is 120 Å². The average Bonchev–Trinajstić information content (AvgIpc) is 2.98. The fourth-order valence-corrected chi connectivity index (χ4v) is 2.25. The van der Waals surface area contributed by atoms with E-state index < -0.39 is 0 Å². The van der Waals surface area contributed by atoms with Crippen molar-refractivity contribution in [3.05, 3.63) is 60.0 Å². The molecule has 0 aliphatic heterocycles. The van der Waals surface area contributed by atoms with Gasteiger partial charge in [-0.15, -0.1) is 11.3 Å². The molecule has 3 rings (SSSR count). The zero-order valence-corrected chi connectivity index (χ0v) is 11.3. The van der Waals surface area contributed by atoms with Gasteiger partial charge in [-0.05, 0) is 18.2 Å². The van der Waals surface area contributed by atoms with Gasteiger partial charge in [0, 0.05) is 41.3 Å². The molecule has 0 atom stereocenters. The van der Waals surface area contributed by atoms with Crippen molar-refractivity contribution in [3.63, 3.8) is 0 Å². The molecule has 0 aliphatic rings. The van der Waals surface area contributed by atoms with Gasteiger partial charge in [-0.2, -0.15) is 5.10 Å². The van der Waals surface area contributed by atoms with Gasteiger partial charge in [0.05, 0.1) is 11.9 Å². The number of aromatic nitrogens is 3. The van der Waals surface area contributed by atoms with Crippen LogP contribution in [0.4, 0.5) is 5.13 Å². The van der Waals surface area contributed by atoms with Crippen molar-refractivity contribution in [3.8, 4) is 11.3 Å². The summed E-state index contributed by atoms with van der Waals surface area (Å²) in [5, 5.41) is 6.85. The SMILES string of the molecule is C(=NNc1nc(-c2cccnc2)cs1)c1cccnc1. The summed E-state index contributed by atoms with van der Waals surface area (Å²) in [4.78, 5) is 12.5. The van der Waals surface area contributed by atoms with Crippen LogP contribution in [0.25, 0.3) is 11.3 Å². The number of hydrogen-bond donors (Lipinski definition) is 1. The molecule has 0 unspecified atom stereocenters. The van der Waals surface area contributed by atoms with E-state index in [0.717, 1.165) is 22.0 Å². The first-order valence-corrected chi connectivity index (χ1v) is 6.85. The Morgan fingerprint density at radius 1 is 1.10 bits per heavy atom. The summed E-state index contributed by atoms with van der Waals surface area (Å²) in [6.45, 7) is 0. The van der Waals surface area contributed by atoms with Gasteiger partial charge in [0.25, 0.3) is 0 Å². The molecular formula is C14H11N5S. The first-order valence-electron chi connectivity index (χ1n) is 5.97. The predicted molar refractivity (Wildman–Crippen MR) is 80.8 cm³/mol. The van der Waals surface area contributed by atoms with Crippen LogP contribution in [-0.2, 0) is 0 Å². The molecule has 0 aliphatic carbocycles. The van der Waals surface area contributed by atoms with Gasteiger partial charge in [0.2, 0.25) is 5.13 Å². The lowest BCUT2D eigenvalue weighted by molar-refractivity contribution is 1.26. The summed E-state index contributed by atoms with van der Waals surface area (Å²) in [6.07, 6.45) is 8.71. The first-order chi connectivity index (χ1) is 9.92. The molecule has 0 spiro atoms. The summed E-state index contributed by atoms with van der Waals surface area (Å²) in [5.74, 6) is 0. The molecule has 3 aromatic heterocycles. The zero-order chi connectivity index (χ0) is 13.6. The lowest BCUT2D eigenvalue weighted by Crippen LogP contribution is -1.90. The summed E-state index contributed by atoms with van der Waals surface area (Å²) in [7, 11) is 0. The molecule has 0 radical (unpaired) electrons. The molecule has 0 fully saturated rings. The van der Waals surface area contributed by atoms with E-state index in [1.165, 1.54) is 11.3 Å². The van der Waals surface area contributed by atoms with Gasteiger partial charge in [0.1, 0.15) is 0 Å². The Morgan fingerprint density at radius 2 is 1.95 bits per heavy atom. The van der Waals surface area contributed by atoms with Crippen LogP contribution in [0.15, 0.2) is 59.5 Å². The molecule has 1 N–H and O–H groups in total. The lowest BCUT2D eigenvalue weighted by atomic mass is 10.2. The second kappa shape index (κ2) is 6.03. The van der Waals surface area contributed by atoms with Gasteiger partial charge < -0.3 is 0 Å². The Balaban J connectivity index is 1.68. The van der Waals surface area contributed by atoms with Crippen LogP contribution in [0.1, 0.15) is 5.56 Å². The van der Waals surface area contributed by atoms with Crippen molar-refractivity contribution in [2.45, 2.75) is 0 Å². The van der Waals surface area contributed by atoms with E-state index >= 15 is 0 Å². The number of rotatable bonds is 4. The second-order valence-electron chi connectivity index (χ2n) is 3.94. The van der Waals surface area contributed by atoms with Crippen molar-refractivity contribution in [1.82, 2.24) is 15.0 Å². The molecule has 0 aromatic carbocycles. The average molecular weight is 281 g/mol. The highest BCUT2D eigenvalue weighted by atomic mass is 32.1. The third kappa shape index (κ3) is 3.04. The highest BCUT2D eigenvalue weighted by Gasteiger charge is 2.03. The minimum Gasteiger partial charge on any atom is -0.264 e. The highest BCUT2D eigenvalue weighted by molar-refractivity contribution is 7.14. The minimum absolute atomic E-state index is 0.740. The van der Waals surface area contributed by atoms with Crippen LogP contribution in [-0.4, -0.2) is 21.2 Å². The zero-order valence-electron chi connectivity index (χ0n) is 10.5. The summed E-state index contributed by atoms with van der Waals surface area (Å²) in [6, 6.07) is 7.67. The second-order valence-corrected chi connectivity index (χ2v) is 4.79. The molecule has 5 nitrogen and oxygen atoms in total. The number of hydrazone groups is 1. The summed E-state index contributed by atoms with van der Waals surface area (Å²) < 4.78 is 0. The van der Waals surface area contributed by atoms with E-state index in [1.807, 2.05) is 29.6 Å². The van der Waals surface area contributed by atoms with E-state index in [4.69, 9.17) is 0 Å². The molecular weight excluding hydrogens is 270 g/mol. The van der Waals surface area contributed by atoms with Crippen molar-refractivity contribution < 1.29 is 0 Å². The molecule has 98 valence electrons. The topological polar surface area (TPSA) is 63.1 Å². The highest BCUT2D eigenvalue weighted by Crippen LogP contribution is 2.23. The monoisotopic (exact) mass is 281 g/mol. The van der Waals surface area contributed by atoms with Gasteiger partial charge >= 0.3 is 0 Å². The smallest absolute Gasteiger partial charge is 0.203 e. The Morgan fingerprint density at radius 3 is 2.70 bits per heavy atom. The van der Waals surface area contributed by atoms with Crippen molar-refractivity contribution in [2.75, 3.05) is 5.43 Å². The van der Waals surface area contributed by atoms with E-state index in [2.05, 4.69) is 25.5 Å². The Hall–Kier alpha value is -2.60. The molecule has 0 saturated heterocycles. The van der Waals surface area contributed by atoms with Gasteiger partial charge in [-0.3, -0.25) is 15.4 Å². The third-order valence-corrected chi connectivity index (χ3v) is 3.27. The molecule has 20 heavy (non-hydrogen) atoms. The Kier molecular flexibility index (Phi) is 3.75. The summed E-state index contributed by atoms with van der Waals surface area (Å²) >= 11 is 1.50. The van der Waals surface area contributed by atoms with Crippen molar-refractivity contribution in [1.29, 1.82) is 0 Å². The lowest BCUT2D eigenvalue weighted by Gasteiger charge is -1.95. The van der Waals surface area contributed by atoms with Crippen LogP contribution in [0.3, 0.4) is 0 Å². The normalized spacial score (nSPS) is 10.8. The maximum absolute atomic E-state index is 4.45. The standard InChI is InChI=1S/C14H11N5S/c1-3-11(7-15-5-1)8-17-19-14-18-13(10-20-14)12-4-2-6-16-9-12/h1-10H,(H,18,19). The van der Waals surface area contributed by atoms with E-state index in [9.17, 15) is 0 Å². The van der Waals surface area contributed by atoms with Gasteiger partial charge in [-0.1, -0.05) is 6.07 Å². The van der Waals surface area contributed by atoms with Crippen molar-refractivity contribution in [2.24, 2.45) is 5.10 Å². The number of anilines is 1. The van der Waals surface area contributed by atoms with Gasteiger partial charge in [0.15, 0.2) is 0 Å². The fraction of sp³-hybridized carbons (Fsp3) is 0. The maximum atomic E-state index is 4.45. The number of pyridine rings is 2. The predicted octanol–water partition coefficient (Wildman–Crippen LogP) is 3.05. The molecule has 6 heteroatoms. The first kappa shape index (κ1) is 12.4.